The molecule has 0 unspecified atom stereocenters. The monoisotopic (exact) mass is 260 g/mol. The minimum absolute atomic E-state index is 0.0955. The third kappa shape index (κ3) is 3.49. The van der Waals surface area contributed by atoms with Crippen molar-refractivity contribution in [2.45, 2.75) is 44.6 Å². The van der Waals surface area contributed by atoms with Gasteiger partial charge in [0, 0.05) is 25.8 Å². The Bertz CT molecular complexity index is 396. The molecule has 1 saturated carbocycles. The summed E-state index contributed by atoms with van der Waals surface area (Å²) in [6.45, 7) is 0. The first kappa shape index (κ1) is 13.9. The van der Waals surface area contributed by atoms with Crippen LogP contribution in [-0.2, 0) is 0 Å². The molecule has 3 heteroatoms. The number of para-hydroxylation sites is 1. The molecule has 2 rings (SSSR count). The molecule has 2 amide bonds. The number of amides is 2. The molecule has 3 nitrogen and oxygen atoms in total. The molecule has 0 aromatic heterocycles. The van der Waals surface area contributed by atoms with Crippen LogP contribution in [-0.4, -0.2) is 31.1 Å². The molecule has 19 heavy (non-hydrogen) atoms. The van der Waals surface area contributed by atoms with Gasteiger partial charge in [0.05, 0.1) is 0 Å². The lowest BCUT2D eigenvalue weighted by Crippen LogP contribution is -2.44. The second-order valence-corrected chi connectivity index (χ2v) is 5.43. The highest BCUT2D eigenvalue weighted by molar-refractivity contribution is 5.91. The van der Waals surface area contributed by atoms with Gasteiger partial charge in [-0.2, -0.15) is 0 Å². The zero-order valence-electron chi connectivity index (χ0n) is 12.0. The molecular formula is C16H24N2O. The van der Waals surface area contributed by atoms with Gasteiger partial charge in [-0.15, -0.1) is 0 Å². The molecule has 1 aliphatic rings. The smallest absolute Gasteiger partial charge is 0.324 e. The van der Waals surface area contributed by atoms with Crippen LogP contribution in [0.2, 0.25) is 0 Å². The second kappa shape index (κ2) is 6.60. The third-order valence-electron chi connectivity index (χ3n) is 4.10. The van der Waals surface area contributed by atoms with Gasteiger partial charge in [-0.05, 0) is 25.0 Å². The first-order valence-electron chi connectivity index (χ1n) is 7.25. The van der Waals surface area contributed by atoms with E-state index in [0.29, 0.717) is 6.04 Å². The fraction of sp³-hybridized carbons (Fsp3) is 0.562. The van der Waals surface area contributed by atoms with Crippen molar-refractivity contribution in [3.8, 4) is 0 Å². The van der Waals surface area contributed by atoms with Gasteiger partial charge < -0.3 is 4.90 Å². The number of anilines is 1. The molecule has 0 radical (unpaired) electrons. The summed E-state index contributed by atoms with van der Waals surface area (Å²) in [4.78, 5) is 16.2. The van der Waals surface area contributed by atoms with Crippen molar-refractivity contribution in [2.24, 2.45) is 0 Å². The Morgan fingerprint density at radius 3 is 2.16 bits per heavy atom. The van der Waals surface area contributed by atoms with E-state index in [1.54, 1.807) is 4.90 Å². The van der Waals surface area contributed by atoms with E-state index in [1.807, 2.05) is 49.3 Å². The largest absolute Gasteiger partial charge is 0.324 e. The van der Waals surface area contributed by atoms with E-state index in [2.05, 4.69) is 0 Å². The Balaban J connectivity index is 2.01. The Morgan fingerprint density at radius 2 is 1.58 bits per heavy atom. The molecule has 1 fully saturated rings. The molecule has 0 N–H and O–H groups in total. The topological polar surface area (TPSA) is 23.6 Å². The second-order valence-electron chi connectivity index (χ2n) is 5.43. The minimum Gasteiger partial charge on any atom is -0.324 e. The fourth-order valence-corrected chi connectivity index (χ4v) is 2.80. The summed E-state index contributed by atoms with van der Waals surface area (Å²) in [6.07, 6.45) is 7.41. The van der Waals surface area contributed by atoms with E-state index in [-0.39, 0.29) is 6.03 Å². The van der Waals surface area contributed by atoms with E-state index in [1.165, 1.54) is 25.7 Å². The lowest BCUT2D eigenvalue weighted by Gasteiger charge is -2.31. The van der Waals surface area contributed by atoms with Crippen LogP contribution in [0.15, 0.2) is 30.3 Å². The molecule has 0 heterocycles. The van der Waals surface area contributed by atoms with Crippen molar-refractivity contribution >= 4 is 11.7 Å². The van der Waals surface area contributed by atoms with Gasteiger partial charge in [-0.25, -0.2) is 4.79 Å². The van der Waals surface area contributed by atoms with Crippen molar-refractivity contribution in [2.75, 3.05) is 19.0 Å². The molecule has 0 aliphatic heterocycles. The fourth-order valence-electron chi connectivity index (χ4n) is 2.80. The van der Waals surface area contributed by atoms with Gasteiger partial charge in [0.25, 0.3) is 0 Å². The van der Waals surface area contributed by atoms with E-state index in [9.17, 15) is 4.79 Å². The van der Waals surface area contributed by atoms with E-state index >= 15 is 0 Å². The van der Waals surface area contributed by atoms with Crippen LogP contribution < -0.4 is 4.90 Å². The van der Waals surface area contributed by atoms with Gasteiger partial charge in [0.2, 0.25) is 0 Å². The maximum Gasteiger partial charge on any atom is 0.324 e. The SMILES string of the molecule is CN(C(=O)N(C)C1CCCCCC1)c1ccccc1. The van der Waals surface area contributed by atoms with Crippen LogP contribution in [0.4, 0.5) is 10.5 Å². The standard InChI is InChI=1S/C16H24N2O/c1-17(14-10-6-3-4-7-11-14)16(19)18(2)15-12-8-5-9-13-15/h5,8-9,12-14H,3-4,6-7,10-11H2,1-2H3. The molecule has 1 aromatic carbocycles. The third-order valence-corrected chi connectivity index (χ3v) is 4.10. The van der Waals surface area contributed by atoms with Crippen molar-refractivity contribution in [1.29, 1.82) is 0 Å². The highest BCUT2D eigenvalue weighted by Crippen LogP contribution is 2.22. The number of carbonyl (C=O) groups is 1. The Hall–Kier alpha value is -1.51. The van der Waals surface area contributed by atoms with Crippen LogP contribution in [0.1, 0.15) is 38.5 Å². The van der Waals surface area contributed by atoms with Crippen molar-refractivity contribution in [3.63, 3.8) is 0 Å². The average molecular weight is 260 g/mol. The summed E-state index contributed by atoms with van der Waals surface area (Å²) >= 11 is 0. The number of urea groups is 1. The molecule has 1 aromatic rings. The Labute approximate surface area is 116 Å². The highest BCUT2D eigenvalue weighted by atomic mass is 16.2. The van der Waals surface area contributed by atoms with Crippen molar-refractivity contribution in [3.05, 3.63) is 30.3 Å². The molecule has 1 aliphatic carbocycles. The molecule has 0 bridgehead atoms. The Morgan fingerprint density at radius 1 is 1.00 bits per heavy atom. The van der Waals surface area contributed by atoms with Gasteiger partial charge in [0.15, 0.2) is 0 Å². The number of hydrogen-bond acceptors (Lipinski definition) is 1. The zero-order chi connectivity index (χ0) is 13.7. The summed E-state index contributed by atoms with van der Waals surface area (Å²) in [5.74, 6) is 0. The normalized spacial score (nSPS) is 16.7. The predicted molar refractivity (Wildman–Crippen MR) is 79.5 cm³/mol. The summed E-state index contributed by atoms with van der Waals surface area (Å²) in [7, 11) is 3.79. The molecule has 0 atom stereocenters. The summed E-state index contributed by atoms with van der Waals surface area (Å²) in [5, 5.41) is 0. The summed E-state index contributed by atoms with van der Waals surface area (Å²) in [6, 6.07) is 10.3. The maximum absolute atomic E-state index is 12.5. The zero-order valence-corrected chi connectivity index (χ0v) is 12.0. The summed E-state index contributed by atoms with van der Waals surface area (Å²) < 4.78 is 0. The van der Waals surface area contributed by atoms with Gasteiger partial charge >= 0.3 is 6.03 Å². The molecule has 0 saturated heterocycles. The Kier molecular flexibility index (Phi) is 4.83. The quantitative estimate of drug-likeness (QED) is 0.740. The number of nitrogens with zero attached hydrogens (tertiary/aromatic N) is 2. The lowest BCUT2D eigenvalue weighted by atomic mass is 10.1. The number of hydrogen-bond donors (Lipinski definition) is 0. The van der Waals surface area contributed by atoms with Crippen LogP contribution in [0.25, 0.3) is 0 Å². The molecular weight excluding hydrogens is 236 g/mol. The van der Waals surface area contributed by atoms with Gasteiger partial charge in [-0.1, -0.05) is 43.9 Å². The van der Waals surface area contributed by atoms with Gasteiger partial charge in [0.1, 0.15) is 0 Å². The molecule has 104 valence electrons. The summed E-state index contributed by atoms with van der Waals surface area (Å²) in [5.41, 5.74) is 0.952. The lowest BCUT2D eigenvalue weighted by molar-refractivity contribution is 0.192. The van der Waals surface area contributed by atoms with E-state index in [4.69, 9.17) is 0 Å². The van der Waals surface area contributed by atoms with Crippen molar-refractivity contribution < 1.29 is 4.79 Å². The van der Waals surface area contributed by atoms with Crippen molar-refractivity contribution in [1.82, 2.24) is 4.90 Å². The van der Waals surface area contributed by atoms with Crippen LogP contribution >= 0.6 is 0 Å². The first-order valence-corrected chi connectivity index (χ1v) is 7.25. The minimum atomic E-state index is 0.0955. The average Bonchev–Trinajstić information content (AvgIpc) is 2.75. The van der Waals surface area contributed by atoms with Crippen LogP contribution in [0.5, 0.6) is 0 Å². The maximum atomic E-state index is 12.5. The van der Waals surface area contributed by atoms with Crippen LogP contribution in [0, 0.1) is 0 Å². The number of rotatable bonds is 2. The van der Waals surface area contributed by atoms with E-state index < -0.39 is 0 Å². The highest BCUT2D eigenvalue weighted by Gasteiger charge is 2.23. The first-order chi connectivity index (χ1) is 9.20. The number of carbonyl (C=O) groups excluding carboxylic acids is 1. The van der Waals surface area contributed by atoms with Crippen LogP contribution in [0.3, 0.4) is 0 Å². The molecule has 0 spiro atoms. The van der Waals surface area contributed by atoms with Gasteiger partial charge in [-0.3, -0.25) is 4.90 Å². The number of benzene rings is 1. The predicted octanol–water partition coefficient (Wildman–Crippen LogP) is 3.90. The van der Waals surface area contributed by atoms with E-state index in [0.717, 1.165) is 18.5 Å².